The number of esters is 1. The summed E-state index contributed by atoms with van der Waals surface area (Å²) in [6.07, 6.45) is 0.560. The summed E-state index contributed by atoms with van der Waals surface area (Å²) in [4.78, 5) is 23.2. The number of nitrogens with two attached hydrogens (primary N) is 1. The molecule has 0 aliphatic carbocycles. The standard InChI is InChI=1S/C13H17BrN2O3/c1-3-10(15)12(17)16-11-6-5-8(7-9(11)14)13(18)19-4-2/h5-7,10H,3-4,15H2,1-2H3,(H,16,17). The molecule has 0 saturated heterocycles. The summed E-state index contributed by atoms with van der Waals surface area (Å²) in [5.41, 5.74) is 6.62. The van der Waals surface area contributed by atoms with Crippen molar-refractivity contribution in [3.63, 3.8) is 0 Å². The number of rotatable bonds is 5. The van der Waals surface area contributed by atoms with Crippen molar-refractivity contribution in [2.24, 2.45) is 5.73 Å². The van der Waals surface area contributed by atoms with Crippen LogP contribution in [0.1, 0.15) is 30.6 Å². The Kier molecular flexibility index (Phi) is 5.98. The number of halogens is 1. The van der Waals surface area contributed by atoms with Gasteiger partial charge in [0.15, 0.2) is 0 Å². The SMILES string of the molecule is CCOC(=O)c1ccc(NC(=O)C(N)CC)c(Br)c1. The van der Waals surface area contributed by atoms with Crippen LogP contribution < -0.4 is 11.1 Å². The minimum absolute atomic E-state index is 0.257. The fourth-order valence-electron chi connectivity index (χ4n) is 1.37. The van der Waals surface area contributed by atoms with E-state index in [0.717, 1.165) is 0 Å². The van der Waals surface area contributed by atoms with Crippen molar-refractivity contribution in [3.05, 3.63) is 28.2 Å². The van der Waals surface area contributed by atoms with Crippen molar-refractivity contribution in [1.29, 1.82) is 0 Å². The lowest BCUT2D eigenvalue weighted by atomic mass is 10.2. The highest BCUT2D eigenvalue weighted by Crippen LogP contribution is 2.24. The average Bonchev–Trinajstić information content (AvgIpc) is 2.40. The van der Waals surface area contributed by atoms with Crippen LogP contribution in [0.4, 0.5) is 5.69 Å². The van der Waals surface area contributed by atoms with Crippen molar-refractivity contribution in [1.82, 2.24) is 0 Å². The van der Waals surface area contributed by atoms with Gasteiger partial charge in [-0.25, -0.2) is 4.79 Å². The van der Waals surface area contributed by atoms with Crippen LogP contribution in [0.15, 0.2) is 22.7 Å². The first kappa shape index (κ1) is 15.7. The van der Waals surface area contributed by atoms with E-state index in [1.165, 1.54) is 0 Å². The van der Waals surface area contributed by atoms with Gasteiger partial charge in [-0.2, -0.15) is 0 Å². The summed E-state index contributed by atoms with van der Waals surface area (Å²) in [6.45, 7) is 3.90. The molecule has 0 fully saturated rings. The number of hydrogen-bond donors (Lipinski definition) is 2. The third kappa shape index (κ3) is 4.33. The Hall–Kier alpha value is -1.40. The molecule has 0 spiro atoms. The molecule has 104 valence electrons. The zero-order valence-corrected chi connectivity index (χ0v) is 12.5. The highest BCUT2D eigenvalue weighted by atomic mass is 79.9. The van der Waals surface area contributed by atoms with E-state index in [1.807, 2.05) is 6.92 Å². The maximum Gasteiger partial charge on any atom is 0.338 e. The maximum absolute atomic E-state index is 11.7. The number of carbonyl (C=O) groups excluding carboxylic acids is 2. The van der Waals surface area contributed by atoms with Gasteiger partial charge in [0, 0.05) is 4.47 Å². The fourth-order valence-corrected chi connectivity index (χ4v) is 1.85. The molecule has 0 aliphatic rings. The smallest absolute Gasteiger partial charge is 0.338 e. The largest absolute Gasteiger partial charge is 0.462 e. The molecule has 0 radical (unpaired) electrons. The summed E-state index contributed by atoms with van der Waals surface area (Å²) >= 11 is 3.30. The lowest BCUT2D eigenvalue weighted by Gasteiger charge is -2.12. The average molecular weight is 329 g/mol. The second-order valence-electron chi connectivity index (χ2n) is 3.92. The van der Waals surface area contributed by atoms with Gasteiger partial charge in [0.1, 0.15) is 0 Å². The van der Waals surface area contributed by atoms with Gasteiger partial charge in [-0.1, -0.05) is 6.92 Å². The van der Waals surface area contributed by atoms with Gasteiger partial charge in [-0.15, -0.1) is 0 Å². The van der Waals surface area contributed by atoms with E-state index in [4.69, 9.17) is 10.5 Å². The number of carbonyl (C=O) groups is 2. The van der Waals surface area contributed by atoms with Crippen LogP contribution in [0.25, 0.3) is 0 Å². The summed E-state index contributed by atoms with van der Waals surface area (Å²) in [7, 11) is 0. The van der Waals surface area contributed by atoms with Gasteiger partial charge in [-0.3, -0.25) is 4.79 Å². The zero-order chi connectivity index (χ0) is 14.4. The van der Waals surface area contributed by atoms with E-state index in [1.54, 1.807) is 25.1 Å². The van der Waals surface area contributed by atoms with E-state index in [-0.39, 0.29) is 5.91 Å². The number of nitrogens with one attached hydrogen (secondary N) is 1. The van der Waals surface area contributed by atoms with E-state index >= 15 is 0 Å². The van der Waals surface area contributed by atoms with Crippen LogP contribution in [-0.4, -0.2) is 24.5 Å². The van der Waals surface area contributed by atoms with Crippen molar-refractivity contribution < 1.29 is 14.3 Å². The first-order valence-corrected chi connectivity index (χ1v) is 6.82. The second kappa shape index (κ2) is 7.25. The minimum atomic E-state index is -0.545. The summed E-state index contributed by atoms with van der Waals surface area (Å²) < 4.78 is 5.50. The Balaban J connectivity index is 2.83. The number of anilines is 1. The van der Waals surface area contributed by atoms with Gasteiger partial charge in [0.25, 0.3) is 0 Å². The van der Waals surface area contributed by atoms with Crippen molar-refractivity contribution in [3.8, 4) is 0 Å². The molecule has 0 aromatic heterocycles. The molecule has 1 unspecified atom stereocenters. The van der Waals surface area contributed by atoms with Crippen LogP contribution in [0.3, 0.4) is 0 Å². The third-order valence-corrected chi connectivity index (χ3v) is 3.17. The van der Waals surface area contributed by atoms with Crippen molar-refractivity contribution in [2.75, 3.05) is 11.9 Å². The van der Waals surface area contributed by atoms with Crippen molar-refractivity contribution >= 4 is 33.5 Å². The second-order valence-corrected chi connectivity index (χ2v) is 4.77. The first-order chi connectivity index (χ1) is 8.99. The molecule has 3 N–H and O–H groups in total. The minimum Gasteiger partial charge on any atom is -0.462 e. The lowest BCUT2D eigenvalue weighted by Crippen LogP contribution is -2.34. The summed E-state index contributed by atoms with van der Waals surface area (Å²) in [5.74, 6) is -0.654. The molecule has 0 aliphatic heterocycles. The Morgan fingerprint density at radius 1 is 1.42 bits per heavy atom. The molecule has 0 heterocycles. The molecular formula is C13H17BrN2O3. The highest BCUT2D eigenvalue weighted by molar-refractivity contribution is 9.10. The van der Waals surface area contributed by atoms with Crippen LogP contribution >= 0.6 is 15.9 Å². The lowest BCUT2D eigenvalue weighted by molar-refractivity contribution is -0.117. The predicted molar refractivity (Wildman–Crippen MR) is 77.0 cm³/mol. The Labute approximate surface area is 120 Å². The molecule has 1 aromatic rings. The van der Waals surface area contributed by atoms with E-state index in [0.29, 0.717) is 28.8 Å². The van der Waals surface area contributed by atoms with Gasteiger partial charge in [0.05, 0.1) is 23.9 Å². The van der Waals surface area contributed by atoms with Gasteiger partial charge in [-0.05, 0) is 47.5 Å². The molecule has 1 aromatic carbocycles. The van der Waals surface area contributed by atoms with Crippen LogP contribution in [-0.2, 0) is 9.53 Å². The number of amides is 1. The molecule has 1 rings (SSSR count). The first-order valence-electron chi connectivity index (χ1n) is 6.02. The maximum atomic E-state index is 11.7. The molecular weight excluding hydrogens is 312 g/mol. The third-order valence-electron chi connectivity index (χ3n) is 2.51. The number of benzene rings is 1. The monoisotopic (exact) mass is 328 g/mol. The highest BCUT2D eigenvalue weighted by Gasteiger charge is 2.14. The predicted octanol–water partition coefficient (Wildman–Crippen LogP) is 2.30. The normalized spacial score (nSPS) is 11.8. The molecule has 0 bridgehead atoms. The fraction of sp³-hybridized carbons (Fsp3) is 0.385. The summed E-state index contributed by atoms with van der Waals surface area (Å²) in [5, 5.41) is 2.70. The van der Waals surface area contributed by atoms with E-state index in [2.05, 4.69) is 21.2 Å². The van der Waals surface area contributed by atoms with Gasteiger partial charge >= 0.3 is 5.97 Å². The van der Waals surface area contributed by atoms with Gasteiger partial charge in [0.2, 0.25) is 5.91 Å². The summed E-state index contributed by atoms with van der Waals surface area (Å²) in [6, 6.07) is 4.29. The topological polar surface area (TPSA) is 81.4 Å². The molecule has 5 nitrogen and oxygen atoms in total. The van der Waals surface area contributed by atoms with Gasteiger partial charge < -0.3 is 15.8 Å². The molecule has 0 saturated carbocycles. The van der Waals surface area contributed by atoms with Crippen molar-refractivity contribution in [2.45, 2.75) is 26.3 Å². The molecule has 1 amide bonds. The molecule has 1 atom stereocenters. The number of hydrogen-bond acceptors (Lipinski definition) is 4. The Morgan fingerprint density at radius 3 is 2.63 bits per heavy atom. The van der Waals surface area contributed by atoms with E-state index < -0.39 is 12.0 Å². The number of ether oxygens (including phenoxy) is 1. The Bertz CT molecular complexity index is 477. The zero-order valence-electron chi connectivity index (χ0n) is 10.9. The quantitative estimate of drug-likeness (QED) is 0.812. The van der Waals surface area contributed by atoms with E-state index in [9.17, 15) is 9.59 Å². The Morgan fingerprint density at radius 2 is 2.11 bits per heavy atom. The van der Waals surface area contributed by atoms with Crippen LogP contribution in [0.2, 0.25) is 0 Å². The molecule has 6 heteroatoms. The van der Waals surface area contributed by atoms with Crippen LogP contribution in [0.5, 0.6) is 0 Å². The van der Waals surface area contributed by atoms with Crippen LogP contribution in [0, 0.1) is 0 Å². The molecule has 19 heavy (non-hydrogen) atoms.